The van der Waals surface area contributed by atoms with Crippen molar-refractivity contribution in [1.29, 1.82) is 0 Å². The zero-order valence-electron chi connectivity index (χ0n) is 16.7. The van der Waals surface area contributed by atoms with E-state index in [9.17, 15) is 9.90 Å². The Morgan fingerprint density at radius 3 is 2.69 bits per heavy atom. The first-order valence-electron chi connectivity index (χ1n) is 10.2. The lowest BCUT2D eigenvalue weighted by Gasteiger charge is -2.30. The van der Waals surface area contributed by atoms with Crippen molar-refractivity contribution in [2.45, 2.75) is 32.4 Å². The maximum Gasteiger partial charge on any atom is 0.340 e. The van der Waals surface area contributed by atoms with E-state index in [4.69, 9.17) is 9.72 Å². The molecule has 1 aliphatic heterocycles. The van der Waals surface area contributed by atoms with Gasteiger partial charge in [-0.25, -0.2) is 4.79 Å². The first-order valence-corrected chi connectivity index (χ1v) is 10.2. The van der Waals surface area contributed by atoms with Crippen molar-refractivity contribution in [3.63, 3.8) is 0 Å². The number of rotatable bonds is 5. The number of pyridine rings is 1. The minimum absolute atomic E-state index is 0.307. The second-order valence-corrected chi connectivity index (χ2v) is 7.44. The van der Waals surface area contributed by atoms with E-state index in [1.54, 1.807) is 0 Å². The number of hydrogen-bond acceptors (Lipinski definition) is 5. The number of aromatic nitrogens is 1. The topological polar surface area (TPSA) is 62.7 Å². The van der Waals surface area contributed by atoms with Gasteiger partial charge in [-0.3, -0.25) is 9.88 Å². The number of piperidine rings is 1. The third-order valence-electron chi connectivity index (χ3n) is 5.36. The van der Waals surface area contributed by atoms with E-state index in [-0.39, 0.29) is 12.1 Å². The predicted octanol–water partition coefficient (Wildman–Crippen LogP) is 4.04. The smallest absolute Gasteiger partial charge is 0.340 e. The summed E-state index contributed by atoms with van der Waals surface area (Å²) in [6.45, 7) is 4.11. The van der Waals surface area contributed by atoms with Gasteiger partial charge in [0.2, 0.25) is 0 Å². The zero-order chi connectivity index (χ0) is 20.2. The Hall–Kier alpha value is -2.76. The number of fused-ring (bicyclic) bond motifs is 1. The van der Waals surface area contributed by atoms with E-state index in [0.717, 1.165) is 41.4 Å². The zero-order valence-corrected chi connectivity index (χ0v) is 16.7. The summed E-state index contributed by atoms with van der Waals surface area (Å²) in [6.07, 6.45) is 1.43. The lowest BCUT2D eigenvalue weighted by Crippen LogP contribution is -2.38. The highest BCUT2D eigenvalue weighted by Crippen LogP contribution is 2.34. The van der Waals surface area contributed by atoms with Gasteiger partial charge >= 0.3 is 5.97 Å². The lowest BCUT2D eigenvalue weighted by atomic mass is 9.93. The van der Waals surface area contributed by atoms with Crippen molar-refractivity contribution in [1.82, 2.24) is 9.88 Å². The van der Waals surface area contributed by atoms with Gasteiger partial charge in [-0.15, -0.1) is 0 Å². The summed E-state index contributed by atoms with van der Waals surface area (Å²) >= 11 is 0. The Bertz CT molecular complexity index is 1000. The summed E-state index contributed by atoms with van der Waals surface area (Å²) in [4.78, 5) is 20.1. The molecule has 5 nitrogen and oxygen atoms in total. The molecule has 150 valence electrons. The van der Waals surface area contributed by atoms with Crippen LogP contribution >= 0.6 is 0 Å². The summed E-state index contributed by atoms with van der Waals surface area (Å²) in [5.41, 5.74) is 3.91. The first-order chi connectivity index (χ1) is 14.2. The van der Waals surface area contributed by atoms with Gasteiger partial charge in [0.05, 0.1) is 29.5 Å². The molecule has 0 spiro atoms. The standard InChI is InChI=1S/C24H26N2O3/c1-2-29-24(28)23-21(16-26-14-8-11-18(27)15-26)25-20-13-7-6-12-19(20)22(23)17-9-4-3-5-10-17/h3-7,9-10,12-13,18,27H,2,8,11,14-16H2,1H3. The highest BCUT2D eigenvalue weighted by atomic mass is 16.5. The van der Waals surface area contributed by atoms with Crippen LogP contribution < -0.4 is 0 Å². The second-order valence-electron chi connectivity index (χ2n) is 7.44. The normalized spacial score (nSPS) is 17.4. The number of β-amino-alcohol motifs (C(OH)–C–C–N with tert-alkyl or cyclic N) is 1. The Labute approximate surface area is 170 Å². The molecule has 3 aromatic rings. The van der Waals surface area contributed by atoms with E-state index >= 15 is 0 Å². The maximum atomic E-state index is 13.1. The molecular weight excluding hydrogens is 364 g/mol. The Morgan fingerprint density at radius 2 is 1.93 bits per heavy atom. The fraction of sp³-hybridized carbons (Fsp3) is 0.333. The third kappa shape index (κ3) is 4.16. The molecule has 1 saturated heterocycles. The van der Waals surface area contributed by atoms with Crippen LogP contribution in [0.3, 0.4) is 0 Å². The molecule has 0 amide bonds. The van der Waals surface area contributed by atoms with Gasteiger partial charge in [-0.2, -0.15) is 0 Å². The van der Waals surface area contributed by atoms with Crippen molar-refractivity contribution in [2.75, 3.05) is 19.7 Å². The molecular formula is C24H26N2O3. The van der Waals surface area contributed by atoms with E-state index in [2.05, 4.69) is 4.90 Å². The molecule has 5 heteroatoms. The molecule has 2 aromatic carbocycles. The summed E-state index contributed by atoms with van der Waals surface area (Å²) in [7, 11) is 0. The van der Waals surface area contributed by atoms with Gasteiger partial charge in [0.15, 0.2) is 0 Å². The van der Waals surface area contributed by atoms with Gasteiger partial charge < -0.3 is 9.84 Å². The number of para-hydroxylation sites is 1. The van der Waals surface area contributed by atoms with Crippen LogP contribution in [-0.4, -0.2) is 46.8 Å². The molecule has 1 aromatic heterocycles. The van der Waals surface area contributed by atoms with Crippen molar-refractivity contribution < 1.29 is 14.6 Å². The molecule has 4 rings (SSSR count). The number of aliphatic hydroxyl groups excluding tert-OH is 1. The third-order valence-corrected chi connectivity index (χ3v) is 5.36. The predicted molar refractivity (Wildman–Crippen MR) is 114 cm³/mol. The number of esters is 1. The summed E-state index contributed by atoms with van der Waals surface area (Å²) in [5.74, 6) is -0.350. The minimum atomic E-state index is -0.350. The molecule has 1 fully saturated rings. The SMILES string of the molecule is CCOC(=O)c1c(CN2CCCC(O)C2)nc2ccccc2c1-c1ccccc1. The Balaban J connectivity index is 1.91. The highest BCUT2D eigenvalue weighted by molar-refractivity contribution is 6.07. The van der Waals surface area contributed by atoms with Gasteiger partial charge in [0.1, 0.15) is 0 Å². The largest absolute Gasteiger partial charge is 0.462 e. The molecule has 1 N–H and O–H groups in total. The lowest BCUT2D eigenvalue weighted by molar-refractivity contribution is 0.0518. The van der Waals surface area contributed by atoms with Gasteiger partial charge in [-0.05, 0) is 37.9 Å². The number of carbonyl (C=O) groups excluding carboxylic acids is 1. The molecule has 0 radical (unpaired) electrons. The fourth-order valence-corrected chi connectivity index (χ4v) is 4.09. The number of nitrogens with zero attached hydrogens (tertiary/aromatic N) is 2. The van der Waals surface area contributed by atoms with Gasteiger partial charge in [0.25, 0.3) is 0 Å². The van der Waals surface area contributed by atoms with Crippen molar-refractivity contribution in [3.8, 4) is 11.1 Å². The molecule has 0 aliphatic carbocycles. The molecule has 1 unspecified atom stereocenters. The number of carbonyl (C=O) groups is 1. The van der Waals surface area contributed by atoms with Crippen LogP contribution in [0.4, 0.5) is 0 Å². The molecule has 1 atom stereocenters. The van der Waals surface area contributed by atoms with E-state index in [1.807, 2.05) is 61.5 Å². The highest BCUT2D eigenvalue weighted by Gasteiger charge is 2.26. The molecule has 1 aliphatic rings. The molecule has 0 saturated carbocycles. The van der Waals surface area contributed by atoms with E-state index in [1.165, 1.54) is 0 Å². The van der Waals surface area contributed by atoms with Gasteiger partial charge in [0, 0.05) is 24.0 Å². The van der Waals surface area contributed by atoms with Crippen LogP contribution in [0.15, 0.2) is 54.6 Å². The van der Waals surface area contributed by atoms with Crippen LogP contribution in [0.1, 0.15) is 35.8 Å². The fourth-order valence-electron chi connectivity index (χ4n) is 4.09. The number of hydrogen-bond donors (Lipinski definition) is 1. The number of likely N-dealkylation sites (tertiary alicyclic amines) is 1. The quantitative estimate of drug-likeness (QED) is 0.667. The maximum absolute atomic E-state index is 13.1. The second kappa shape index (κ2) is 8.72. The first kappa shape index (κ1) is 19.6. The summed E-state index contributed by atoms with van der Waals surface area (Å²) in [6, 6.07) is 17.8. The van der Waals surface area contributed by atoms with Crippen molar-refractivity contribution >= 4 is 16.9 Å². The number of ether oxygens (including phenoxy) is 1. The number of aliphatic hydroxyl groups is 1. The van der Waals surface area contributed by atoms with E-state index < -0.39 is 0 Å². The van der Waals surface area contributed by atoms with Crippen LogP contribution in [-0.2, 0) is 11.3 Å². The number of benzene rings is 2. The average Bonchev–Trinajstić information content (AvgIpc) is 2.73. The van der Waals surface area contributed by atoms with Crippen LogP contribution in [0.2, 0.25) is 0 Å². The van der Waals surface area contributed by atoms with Crippen LogP contribution in [0, 0.1) is 0 Å². The summed E-state index contributed by atoms with van der Waals surface area (Å²) < 4.78 is 5.44. The average molecular weight is 390 g/mol. The Kier molecular flexibility index (Phi) is 5.88. The molecule has 2 heterocycles. The minimum Gasteiger partial charge on any atom is -0.462 e. The Morgan fingerprint density at radius 1 is 1.17 bits per heavy atom. The summed E-state index contributed by atoms with van der Waals surface area (Å²) in [5, 5.41) is 11.0. The van der Waals surface area contributed by atoms with Crippen LogP contribution in [0.25, 0.3) is 22.0 Å². The molecule has 0 bridgehead atoms. The van der Waals surface area contributed by atoms with E-state index in [0.29, 0.717) is 31.0 Å². The van der Waals surface area contributed by atoms with Crippen molar-refractivity contribution in [2.24, 2.45) is 0 Å². The van der Waals surface area contributed by atoms with Gasteiger partial charge in [-0.1, -0.05) is 48.5 Å². The monoisotopic (exact) mass is 390 g/mol. The molecule has 29 heavy (non-hydrogen) atoms. The van der Waals surface area contributed by atoms with Crippen LogP contribution in [0.5, 0.6) is 0 Å². The van der Waals surface area contributed by atoms with Crippen molar-refractivity contribution in [3.05, 3.63) is 65.9 Å².